The number of benzene rings is 4. The molecule has 0 heterocycles. The van der Waals surface area contributed by atoms with Crippen LogP contribution in [0.3, 0.4) is 0 Å². The highest BCUT2D eigenvalue weighted by Gasteiger charge is 2.21. The number of nitrogens with zero attached hydrogens (tertiary/aromatic N) is 1. The van der Waals surface area contributed by atoms with Crippen molar-refractivity contribution >= 4 is 11.6 Å². The quantitative estimate of drug-likeness (QED) is 0.173. The van der Waals surface area contributed by atoms with Crippen molar-refractivity contribution in [2.24, 2.45) is 0 Å². The molecule has 216 valence electrons. The lowest BCUT2D eigenvalue weighted by molar-refractivity contribution is 0.0858. The molecule has 0 radical (unpaired) electrons. The topological polar surface area (TPSA) is 60.4 Å². The zero-order valence-electron chi connectivity index (χ0n) is 24.0. The number of hydrogen-bond donors (Lipinski definition) is 1. The van der Waals surface area contributed by atoms with E-state index in [1.54, 1.807) is 21.3 Å². The molecule has 4 aromatic carbocycles. The summed E-state index contributed by atoms with van der Waals surface area (Å²) < 4.78 is 22.7. The van der Waals surface area contributed by atoms with E-state index in [1.165, 1.54) is 0 Å². The number of aliphatic hydroxyl groups excluding tert-OH is 1. The molecule has 1 N–H and O–H groups in total. The van der Waals surface area contributed by atoms with Crippen molar-refractivity contribution in [2.45, 2.75) is 38.6 Å². The zero-order chi connectivity index (χ0) is 29.2. The fraction of sp³-hybridized carbons (Fsp3) is 0.294. The van der Waals surface area contributed by atoms with E-state index >= 15 is 0 Å². The van der Waals surface area contributed by atoms with Crippen LogP contribution in [0.1, 0.15) is 35.3 Å². The number of hydrogen-bond acceptors (Lipinski definition) is 6. The predicted molar refractivity (Wildman–Crippen MR) is 163 cm³/mol. The number of halogens is 1. The average Bonchev–Trinajstić information content (AvgIpc) is 3.00. The predicted octanol–water partition coefficient (Wildman–Crippen LogP) is 7.11. The number of ether oxygens (including phenoxy) is 4. The van der Waals surface area contributed by atoms with Gasteiger partial charge in [0.15, 0.2) is 23.0 Å². The summed E-state index contributed by atoms with van der Waals surface area (Å²) in [5.41, 5.74) is 4.03. The van der Waals surface area contributed by atoms with E-state index in [9.17, 15) is 5.11 Å². The van der Waals surface area contributed by atoms with Gasteiger partial charge in [0.25, 0.3) is 0 Å². The average molecular weight is 576 g/mol. The Balaban J connectivity index is 1.55. The number of aliphatic hydroxyl groups is 1. The molecule has 2 atom stereocenters. The highest BCUT2D eigenvalue weighted by Crippen LogP contribution is 2.31. The van der Waals surface area contributed by atoms with Crippen molar-refractivity contribution in [1.29, 1.82) is 0 Å². The van der Waals surface area contributed by atoms with Crippen molar-refractivity contribution in [3.8, 4) is 23.0 Å². The van der Waals surface area contributed by atoms with Crippen LogP contribution in [-0.4, -0.2) is 43.9 Å². The first kappa shape index (κ1) is 30.3. The van der Waals surface area contributed by atoms with E-state index in [2.05, 4.69) is 11.8 Å². The maximum absolute atomic E-state index is 11.2. The molecule has 0 fully saturated rings. The molecule has 6 nitrogen and oxygen atoms in total. The van der Waals surface area contributed by atoms with Crippen LogP contribution in [0.4, 0.5) is 0 Å². The fourth-order valence-corrected chi connectivity index (χ4v) is 5.02. The molecule has 0 aromatic heterocycles. The van der Waals surface area contributed by atoms with E-state index < -0.39 is 6.10 Å². The minimum atomic E-state index is -0.711. The Morgan fingerprint density at radius 2 is 1.37 bits per heavy atom. The minimum absolute atomic E-state index is 0.0851. The molecule has 4 aromatic rings. The lowest BCUT2D eigenvalue weighted by Gasteiger charge is -2.32. The van der Waals surface area contributed by atoms with Crippen molar-refractivity contribution < 1.29 is 24.1 Å². The first-order valence-corrected chi connectivity index (χ1v) is 14.0. The first-order valence-electron chi connectivity index (χ1n) is 13.6. The Kier molecular flexibility index (Phi) is 10.9. The monoisotopic (exact) mass is 575 g/mol. The summed E-state index contributed by atoms with van der Waals surface area (Å²) in [6.45, 7) is 3.64. The minimum Gasteiger partial charge on any atom is -0.493 e. The zero-order valence-corrected chi connectivity index (χ0v) is 24.8. The third kappa shape index (κ3) is 8.40. The van der Waals surface area contributed by atoms with Gasteiger partial charge in [-0.05, 0) is 72.0 Å². The Hall–Kier alpha value is -3.71. The molecular formula is C34H38ClNO5. The van der Waals surface area contributed by atoms with Gasteiger partial charge in [-0.25, -0.2) is 0 Å². The van der Waals surface area contributed by atoms with Gasteiger partial charge in [-0.3, -0.25) is 4.90 Å². The molecule has 0 aliphatic heterocycles. The van der Waals surface area contributed by atoms with Crippen LogP contribution < -0.4 is 18.9 Å². The van der Waals surface area contributed by atoms with E-state index in [0.29, 0.717) is 47.7 Å². The van der Waals surface area contributed by atoms with Crippen molar-refractivity contribution in [3.63, 3.8) is 0 Å². The molecule has 0 aliphatic rings. The molecule has 0 bridgehead atoms. The second-order valence-electron chi connectivity index (χ2n) is 10.0. The van der Waals surface area contributed by atoms with Crippen LogP contribution in [-0.2, 0) is 19.6 Å². The van der Waals surface area contributed by atoms with Gasteiger partial charge in [-0.2, -0.15) is 0 Å². The standard InChI is InChI=1S/C34H38ClNO5/c1-24(17-26-13-15-31(38-2)33(18-26)39-3)36(22-30(37)28-11-8-12-29(35)20-28)21-27-14-16-32(34(19-27)40-4)41-23-25-9-6-5-7-10-25/h5-16,18-20,24,30,37H,17,21-23H2,1-4H3/t24-,30?/m1/s1. The maximum Gasteiger partial charge on any atom is 0.161 e. The summed E-state index contributed by atoms with van der Waals surface area (Å²) in [5.74, 6) is 2.74. The van der Waals surface area contributed by atoms with Crippen LogP contribution in [0.2, 0.25) is 5.02 Å². The largest absolute Gasteiger partial charge is 0.493 e. The van der Waals surface area contributed by atoms with Crippen molar-refractivity contribution in [3.05, 3.63) is 118 Å². The summed E-state index contributed by atoms with van der Waals surface area (Å²) in [4.78, 5) is 2.27. The SMILES string of the molecule is COc1ccc(C[C@@H](C)N(Cc2ccc(OCc3ccccc3)c(OC)c2)CC(O)c2cccc(Cl)c2)cc1OC. The summed E-state index contributed by atoms with van der Waals surface area (Å²) >= 11 is 6.22. The lowest BCUT2D eigenvalue weighted by Crippen LogP contribution is -2.37. The van der Waals surface area contributed by atoms with Crippen LogP contribution >= 0.6 is 11.6 Å². The van der Waals surface area contributed by atoms with E-state index in [4.69, 9.17) is 30.5 Å². The normalized spacial score (nSPS) is 12.6. The first-order chi connectivity index (χ1) is 19.9. The summed E-state index contributed by atoms with van der Waals surface area (Å²) in [6.07, 6.45) is 0.0369. The molecule has 4 rings (SSSR count). The van der Waals surface area contributed by atoms with Gasteiger partial charge in [0.05, 0.1) is 27.4 Å². The second-order valence-corrected chi connectivity index (χ2v) is 10.4. The molecule has 0 aliphatic carbocycles. The van der Waals surface area contributed by atoms with Gasteiger partial charge in [0.1, 0.15) is 6.61 Å². The van der Waals surface area contributed by atoms with E-state index in [-0.39, 0.29) is 6.04 Å². The van der Waals surface area contributed by atoms with Crippen LogP contribution in [0.5, 0.6) is 23.0 Å². The number of rotatable bonds is 14. The smallest absolute Gasteiger partial charge is 0.161 e. The second kappa shape index (κ2) is 14.8. The Labute approximate surface area is 248 Å². The summed E-state index contributed by atoms with van der Waals surface area (Å²) in [6, 6.07) is 29.5. The third-order valence-electron chi connectivity index (χ3n) is 7.09. The fourth-order valence-electron chi connectivity index (χ4n) is 4.82. The molecule has 41 heavy (non-hydrogen) atoms. The lowest BCUT2D eigenvalue weighted by atomic mass is 10.0. The molecule has 0 saturated heterocycles. The number of methoxy groups -OCH3 is 3. The highest BCUT2D eigenvalue weighted by molar-refractivity contribution is 6.30. The maximum atomic E-state index is 11.2. The molecular weight excluding hydrogens is 538 g/mol. The van der Waals surface area contributed by atoms with Crippen molar-refractivity contribution in [2.75, 3.05) is 27.9 Å². The van der Waals surface area contributed by atoms with Gasteiger partial charge in [-0.1, -0.05) is 66.2 Å². The van der Waals surface area contributed by atoms with Gasteiger partial charge < -0.3 is 24.1 Å². The van der Waals surface area contributed by atoms with Crippen LogP contribution in [0, 0.1) is 0 Å². The summed E-state index contributed by atoms with van der Waals surface area (Å²) in [5, 5.41) is 11.8. The highest BCUT2D eigenvalue weighted by atomic mass is 35.5. The summed E-state index contributed by atoms with van der Waals surface area (Å²) in [7, 11) is 4.92. The molecule has 7 heteroatoms. The van der Waals surface area contributed by atoms with Gasteiger partial charge in [0, 0.05) is 24.2 Å². The van der Waals surface area contributed by atoms with Crippen LogP contribution in [0.15, 0.2) is 91.0 Å². The van der Waals surface area contributed by atoms with E-state index in [0.717, 1.165) is 28.7 Å². The molecule has 1 unspecified atom stereocenters. The van der Waals surface area contributed by atoms with Gasteiger partial charge >= 0.3 is 0 Å². The van der Waals surface area contributed by atoms with Gasteiger partial charge in [0.2, 0.25) is 0 Å². The van der Waals surface area contributed by atoms with Crippen LogP contribution in [0.25, 0.3) is 0 Å². The van der Waals surface area contributed by atoms with Crippen molar-refractivity contribution in [1.82, 2.24) is 4.90 Å². The molecule has 0 spiro atoms. The Morgan fingerprint density at radius 3 is 2.07 bits per heavy atom. The third-order valence-corrected chi connectivity index (χ3v) is 7.33. The Morgan fingerprint density at radius 1 is 0.707 bits per heavy atom. The molecule has 0 saturated carbocycles. The van der Waals surface area contributed by atoms with E-state index in [1.807, 2.05) is 91.0 Å². The molecule has 0 amide bonds. The Bertz CT molecular complexity index is 1400. The van der Waals surface area contributed by atoms with Gasteiger partial charge in [-0.15, -0.1) is 0 Å².